The van der Waals surface area contributed by atoms with Crippen molar-refractivity contribution in [2.45, 2.75) is 46.7 Å². The van der Waals surface area contributed by atoms with Gasteiger partial charge >= 0.3 is 0 Å². The molecule has 1 heterocycles. The molecule has 0 N–H and O–H groups in total. The zero-order valence-corrected chi connectivity index (χ0v) is 14.0. The van der Waals surface area contributed by atoms with E-state index in [1.165, 1.54) is 0 Å². The summed E-state index contributed by atoms with van der Waals surface area (Å²) in [5.41, 5.74) is 3.11. The van der Waals surface area contributed by atoms with Gasteiger partial charge in [-0.25, -0.2) is 0 Å². The molecular weight excluding hydrogens is 267 g/mol. The summed E-state index contributed by atoms with van der Waals surface area (Å²) in [6.45, 7) is 11.9. The number of allylic oxidation sites excluding steroid dienone is 4. The molecule has 1 unspecified atom stereocenters. The first-order valence-corrected chi connectivity index (χ1v) is 8.58. The molecule has 0 aliphatic carbocycles. The van der Waals surface area contributed by atoms with Crippen molar-refractivity contribution in [1.82, 2.24) is 0 Å². The number of hydrogen-bond donors (Lipinski definition) is 0. The van der Waals surface area contributed by atoms with Crippen LogP contribution in [0.5, 0.6) is 5.75 Å². The number of fused-ring (bicyclic) bond motifs is 1. The highest BCUT2D eigenvalue weighted by Gasteiger charge is 2.45. The lowest BCUT2D eigenvalue weighted by molar-refractivity contribution is 0.453. The van der Waals surface area contributed by atoms with Gasteiger partial charge in [0.05, 0.1) is 5.16 Å². The maximum Gasteiger partial charge on any atom is 0.278 e. The van der Waals surface area contributed by atoms with Crippen LogP contribution < -0.4 is 4.52 Å². The van der Waals surface area contributed by atoms with Crippen LogP contribution in [0.1, 0.15) is 45.7 Å². The van der Waals surface area contributed by atoms with Crippen molar-refractivity contribution in [2.24, 2.45) is 0 Å². The Morgan fingerprint density at radius 2 is 1.85 bits per heavy atom. The largest absolute Gasteiger partial charge is 0.439 e. The molecule has 1 aliphatic heterocycles. The summed E-state index contributed by atoms with van der Waals surface area (Å²) in [5, 5.41) is 0.449. The molecule has 0 saturated carbocycles. The van der Waals surface area contributed by atoms with Crippen LogP contribution in [0.15, 0.2) is 35.7 Å². The van der Waals surface area contributed by atoms with Crippen LogP contribution >= 0.6 is 7.37 Å². The minimum Gasteiger partial charge on any atom is -0.439 e. The van der Waals surface area contributed by atoms with Crippen LogP contribution in [0.4, 0.5) is 0 Å². The molecule has 3 heteroatoms. The normalized spacial score (nSPS) is 22.9. The highest BCUT2D eigenvalue weighted by Crippen LogP contribution is 2.69. The molecule has 1 atom stereocenters. The van der Waals surface area contributed by atoms with E-state index in [-0.39, 0.29) is 0 Å². The van der Waals surface area contributed by atoms with E-state index in [2.05, 4.69) is 0 Å². The Balaban J connectivity index is 2.81. The van der Waals surface area contributed by atoms with Gasteiger partial charge in [0, 0.05) is 10.9 Å². The number of rotatable bonds is 1. The van der Waals surface area contributed by atoms with Gasteiger partial charge in [-0.2, -0.15) is 0 Å². The molecule has 0 saturated heterocycles. The highest BCUT2D eigenvalue weighted by molar-refractivity contribution is 7.65. The molecule has 0 bridgehead atoms. The Kier molecular flexibility index (Phi) is 3.73. The lowest BCUT2D eigenvalue weighted by Gasteiger charge is -2.37. The van der Waals surface area contributed by atoms with Gasteiger partial charge in [0.25, 0.3) is 7.37 Å². The summed E-state index contributed by atoms with van der Waals surface area (Å²) in [5.74, 6) is 0.768. The third kappa shape index (κ3) is 2.16. The maximum absolute atomic E-state index is 13.5. The zero-order valence-electron chi connectivity index (χ0n) is 13.2. The summed E-state index contributed by atoms with van der Waals surface area (Å²) in [6, 6.07) is 6.05. The van der Waals surface area contributed by atoms with E-state index >= 15 is 0 Å². The van der Waals surface area contributed by atoms with E-state index in [0.717, 1.165) is 27.8 Å². The van der Waals surface area contributed by atoms with E-state index in [1.54, 1.807) is 0 Å². The topological polar surface area (TPSA) is 26.3 Å². The number of para-hydroxylation sites is 1. The molecule has 20 heavy (non-hydrogen) atoms. The zero-order chi connectivity index (χ0) is 15.1. The first-order chi connectivity index (χ1) is 9.22. The summed E-state index contributed by atoms with van der Waals surface area (Å²) in [7, 11) is -2.91. The minimum absolute atomic E-state index is 0.413. The second kappa shape index (κ2) is 4.93. The molecular formula is C17H23O2P. The predicted molar refractivity (Wildman–Crippen MR) is 86.6 cm³/mol. The summed E-state index contributed by atoms with van der Waals surface area (Å²) in [6.07, 6.45) is 4.03. The second-order valence-corrected chi connectivity index (χ2v) is 9.56. The molecule has 0 amide bonds. The van der Waals surface area contributed by atoms with Crippen LogP contribution in [0.2, 0.25) is 0 Å². The molecule has 1 aromatic rings. The van der Waals surface area contributed by atoms with E-state index in [0.29, 0.717) is 0 Å². The summed E-state index contributed by atoms with van der Waals surface area (Å²) >= 11 is 0. The SMILES string of the molecule is C/C=C\C1=C(C)P(=O)(C(C)(C)C)Oc2c(C)cccc21. The highest BCUT2D eigenvalue weighted by atomic mass is 31.2. The van der Waals surface area contributed by atoms with Crippen molar-refractivity contribution in [3.63, 3.8) is 0 Å². The van der Waals surface area contributed by atoms with E-state index in [1.807, 2.05) is 71.9 Å². The van der Waals surface area contributed by atoms with Gasteiger partial charge in [-0.05, 0) is 52.7 Å². The first kappa shape index (κ1) is 15.1. The quantitative estimate of drug-likeness (QED) is 0.613. The third-order valence-corrected chi connectivity index (χ3v) is 7.10. The van der Waals surface area contributed by atoms with Gasteiger partial charge in [0.15, 0.2) is 0 Å². The van der Waals surface area contributed by atoms with Gasteiger partial charge in [0.1, 0.15) is 5.75 Å². The third-order valence-electron chi connectivity index (χ3n) is 3.77. The Bertz CT molecular complexity index is 645. The molecule has 0 radical (unpaired) electrons. The Morgan fingerprint density at radius 3 is 2.40 bits per heavy atom. The van der Waals surface area contributed by atoms with Crippen molar-refractivity contribution in [3.8, 4) is 5.75 Å². The smallest absolute Gasteiger partial charge is 0.278 e. The molecule has 0 spiro atoms. The van der Waals surface area contributed by atoms with Crippen LogP contribution in [0.3, 0.4) is 0 Å². The van der Waals surface area contributed by atoms with E-state index in [4.69, 9.17) is 4.52 Å². The molecule has 0 fully saturated rings. The lowest BCUT2D eigenvalue weighted by atomic mass is 10.0. The van der Waals surface area contributed by atoms with Crippen LogP contribution in [-0.2, 0) is 4.57 Å². The maximum atomic E-state index is 13.5. The molecule has 2 rings (SSSR count). The van der Waals surface area contributed by atoms with E-state index in [9.17, 15) is 4.57 Å². The molecule has 108 valence electrons. The average Bonchev–Trinajstić information content (AvgIpc) is 2.35. The second-order valence-electron chi connectivity index (χ2n) is 6.26. The van der Waals surface area contributed by atoms with Gasteiger partial charge in [-0.3, -0.25) is 4.57 Å². The standard InChI is InChI=1S/C17H23O2P/c1-7-9-14-13(3)20(18,17(4,5)6)19-16-12(2)10-8-11-15(14)16/h7-11H,1-6H3/b9-7-. The Hall–Kier alpha value is -1.27. The molecule has 1 aliphatic rings. The molecule has 2 nitrogen and oxygen atoms in total. The van der Waals surface area contributed by atoms with Crippen LogP contribution in [0.25, 0.3) is 5.57 Å². The Morgan fingerprint density at radius 1 is 1.20 bits per heavy atom. The van der Waals surface area contributed by atoms with Crippen LogP contribution in [-0.4, -0.2) is 5.16 Å². The lowest BCUT2D eigenvalue weighted by Crippen LogP contribution is -2.22. The van der Waals surface area contributed by atoms with Gasteiger partial charge in [-0.1, -0.05) is 30.4 Å². The van der Waals surface area contributed by atoms with Crippen molar-refractivity contribution < 1.29 is 9.09 Å². The summed E-state index contributed by atoms with van der Waals surface area (Å²) < 4.78 is 19.5. The fourth-order valence-electron chi connectivity index (χ4n) is 2.55. The van der Waals surface area contributed by atoms with Gasteiger partial charge in [-0.15, -0.1) is 0 Å². The van der Waals surface area contributed by atoms with E-state index < -0.39 is 12.5 Å². The predicted octanol–water partition coefficient (Wildman–Crippen LogP) is 5.77. The summed E-state index contributed by atoms with van der Waals surface area (Å²) in [4.78, 5) is 0. The monoisotopic (exact) mass is 290 g/mol. The molecule has 1 aromatic carbocycles. The van der Waals surface area contributed by atoms with Crippen molar-refractivity contribution in [3.05, 3.63) is 46.8 Å². The van der Waals surface area contributed by atoms with Crippen molar-refractivity contribution in [1.29, 1.82) is 0 Å². The fourth-order valence-corrected chi connectivity index (χ4v) is 4.98. The van der Waals surface area contributed by atoms with Crippen LogP contribution in [0, 0.1) is 6.92 Å². The van der Waals surface area contributed by atoms with Gasteiger partial charge < -0.3 is 4.52 Å². The molecule has 0 aromatic heterocycles. The number of hydrogen-bond acceptors (Lipinski definition) is 2. The Labute approximate surface area is 122 Å². The van der Waals surface area contributed by atoms with Crippen molar-refractivity contribution in [2.75, 3.05) is 0 Å². The minimum atomic E-state index is -2.91. The number of benzene rings is 1. The average molecular weight is 290 g/mol. The number of aryl methyl sites for hydroxylation is 1. The first-order valence-electron chi connectivity index (χ1n) is 6.96. The fraction of sp³-hybridized carbons (Fsp3) is 0.412. The van der Waals surface area contributed by atoms with Gasteiger partial charge in [0.2, 0.25) is 0 Å². The van der Waals surface area contributed by atoms with Crippen molar-refractivity contribution >= 4 is 12.9 Å².